The molecule has 128 valence electrons. The number of ether oxygens (including phenoxy) is 1. The predicted octanol–water partition coefficient (Wildman–Crippen LogP) is 4.12. The van der Waals surface area contributed by atoms with Gasteiger partial charge >= 0.3 is 6.03 Å². The van der Waals surface area contributed by atoms with Crippen LogP contribution in [-0.4, -0.2) is 31.1 Å². The summed E-state index contributed by atoms with van der Waals surface area (Å²) in [4.78, 5) is 14.2. The van der Waals surface area contributed by atoms with Gasteiger partial charge in [0.2, 0.25) is 0 Å². The van der Waals surface area contributed by atoms with Crippen LogP contribution in [0.25, 0.3) is 0 Å². The first kappa shape index (κ1) is 17.6. The van der Waals surface area contributed by atoms with Crippen molar-refractivity contribution in [3.8, 4) is 5.75 Å². The minimum Gasteiger partial charge on any atom is -0.494 e. The number of benzene rings is 1. The highest BCUT2D eigenvalue weighted by Gasteiger charge is 2.25. The highest BCUT2D eigenvalue weighted by molar-refractivity contribution is 5.74. The van der Waals surface area contributed by atoms with Gasteiger partial charge in [0.15, 0.2) is 11.6 Å². The van der Waals surface area contributed by atoms with Crippen molar-refractivity contribution in [3.63, 3.8) is 0 Å². The molecule has 1 atom stereocenters. The third kappa shape index (κ3) is 4.36. The van der Waals surface area contributed by atoms with Gasteiger partial charge in [-0.15, -0.1) is 0 Å². The van der Waals surface area contributed by atoms with Crippen LogP contribution >= 0.6 is 0 Å². The second-order valence-corrected chi connectivity index (χ2v) is 6.59. The molecule has 0 heterocycles. The molecule has 0 saturated heterocycles. The monoisotopic (exact) mass is 322 g/mol. The Morgan fingerprint density at radius 2 is 2.00 bits per heavy atom. The van der Waals surface area contributed by atoms with E-state index in [1.807, 2.05) is 14.0 Å². The lowest BCUT2D eigenvalue weighted by Crippen LogP contribution is -2.45. The molecular weight excluding hydrogens is 295 g/mol. The highest BCUT2D eigenvalue weighted by Crippen LogP contribution is 2.27. The maximum atomic E-state index is 13.8. The Morgan fingerprint density at radius 3 is 2.57 bits per heavy atom. The molecule has 1 aliphatic carbocycles. The van der Waals surface area contributed by atoms with Gasteiger partial charge in [0.25, 0.3) is 0 Å². The second kappa shape index (κ2) is 7.66. The van der Waals surface area contributed by atoms with Crippen molar-refractivity contribution in [1.82, 2.24) is 10.2 Å². The zero-order valence-corrected chi connectivity index (χ0v) is 14.4. The fourth-order valence-corrected chi connectivity index (χ4v) is 3.12. The number of carbonyl (C=O) groups excluding carboxylic acids is 1. The molecule has 1 unspecified atom stereocenters. The van der Waals surface area contributed by atoms with Crippen LogP contribution < -0.4 is 10.1 Å². The molecule has 1 aromatic rings. The largest absolute Gasteiger partial charge is 0.494 e. The Balaban J connectivity index is 1.95. The third-order valence-corrected chi connectivity index (χ3v) is 4.87. The maximum Gasteiger partial charge on any atom is 0.317 e. The molecule has 1 aromatic carbocycles. The summed E-state index contributed by atoms with van der Waals surface area (Å²) in [6, 6.07) is 4.70. The highest BCUT2D eigenvalue weighted by atomic mass is 19.1. The van der Waals surface area contributed by atoms with Crippen LogP contribution in [0.4, 0.5) is 9.18 Å². The zero-order chi connectivity index (χ0) is 17.0. The first-order chi connectivity index (χ1) is 10.9. The third-order valence-electron chi connectivity index (χ3n) is 4.87. The molecule has 0 spiro atoms. The van der Waals surface area contributed by atoms with Crippen LogP contribution in [0.15, 0.2) is 18.2 Å². The molecule has 1 saturated carbocycles. The van der Waals surface area contributed by atoms with E-state index in [4.69, 9.17) is 4.74 Å². The summed E-state index contributed by atoms with van der Waals surface area (Å²) in [5.41, 5.74) is 0.724. The van der Waals surface area contributed by atoms with Crippen molar-refractivity contribution in [1.29, 1.82) is 0 Å². The van der Waals surface area contributed by atoms with Gasteiger partial charge in [-0.25, -0.2) is 9.18 Å². The van der Waals surface area contributed by atoms with Crippen LogP contribution in [-0.2, 0) is 0 Å². The van der Waals surface area contributed by atoms with Crippen molar-refractivity contribution >= 4 is 6.03 Å². The van der Waals surface area contributed by atoms with E-state index in [1.54, 1.807) is 17.0 Å². The molecule has 2 rings (SSSR count). The number of hydrogen-bond donors (Lipinski definition) is 1. The van der Waals surface area contributed by atoms with E-state index in [2.05, 4.69) is 12.2 Å². The molecule has 0 aromatic heterocycles. The van der Waals surface area contributed by atoms with Gasteiger partial charge in [0.05, 0.1) is 13.2 Å². The summed E-state index contributed by atoms with van der Waals surface area (Å²) >= 11 is 0. The second-order valence-electron chi connectivity index (χ2n) is 6.59. The van der Waals surface area contributed by atoms with E-state index < -0.39 is 5.82 Å². The Labute approximate surface area is 138 Å². The number of rotatable bonds is 4. The molecule has 1 N–H and O–H groups in total. The average Bonchev–Trinajstić information content (AvgIpc) is 2.54. The number of amides is 2. The Bertz CT molecular complexity index is 542. The van der Waals surface area contributed by atoms with E-state index in [9.17, 15) is 9.18 Å². The van der Waals surface area contributed by atoms with E-state index in [0.29, 0.717) is 6.04 Å². The van der Waals surface area contributed by atoms with Gasteiger partial charge in [-0.05, 0) is 56.2 Å². The van der Waals surface area contributed by atoms with Crippen LogP contribution in [0.1, 0.15) is 51.1 Å². The number of urea groups is 1. The average molecular weight is 322 g/mol. The van der Waals surface area contributed by atoms with Gasteiger partial charge in [-0.2, -0.15) is 0 Å². The molecule has 23 heavy (non-hydrogen) atoms. The number of hydrogen-bond acceptors (Lipinski definition) is 2. The molecule has 5 heteroatoms. The molecule has 0 radical (unpaired) electrons. The molecule has 2 amide bonds. The van der Waals surface area contributed by atoms with E-state index in [-0.39, 0.29) is 17.8 Å². The molecule has 0 aliphatic heterocycles. The Hall–Kier alpha value is -1.78. The Morgan fingerprint density at radius 1 is 1.35 bits per heavy atom. The van der Waals surface area contributed by atoms with E-state index in [1.165, 1.54) is 26.0 Å². The van der Waals surface area contributed by atoms with Gasteiger partial charge in [0.1, 0.15) is 0 Å². The summed E-state index contributed by atoms with van der Waals surface area (Å²) in [6.07, 6.45) is 4.44. The summed E-state index contributed by atoms with van der Waals surface area (Å²) in [6.45, 7) is 4.12. The molecule has 1 aliphatic rings. The van der Waals surface area contributed by atoms with Crippen LogP contribution in [0, 0.1) is 11.7 Å². The molecule has 4 nitrogen and oxygen atoms in total. The lowest BCUT2D eigenvalue weighted by Gasteiger charge is -2.34. The Kier molecular flexibility index (Phi) is 5.85. The minimum absolute atomic E-state index is 0.103. The summed E-state index contributed by atoms with van der Waals surface area (Å²) in [5, 5.41) is 2.95. The quantitative estimate of drug-likeness (QED) is 0.906. The topological polar surface area (TPSA) is 41.6 Å². The smallest absolute Gasteiger partial charge is 0.317 e. The van der Waals surface area contributed by atoms with Crippen molar-refractivity contribution in [2.45, 2.75) is 51.6 Å². The number of nitrogens with one attached hydrogen (secondary N) is 1. The van der Waals surface area contributed by atoms with Gasteiger partial charge in [-0.1, -0.05) is 13.0 Å². The predicted molar refractivity (Wildman–Crippen MR) is 89.1 cm³/mol. The summed E-state index contributed by atoms with van der Waals surface area (Å²) < 4.78 is 18.7. The lowest BCUT2D eigenvalue weighted by molar-refractivity contribution is 0.161. The van der Waals surface area contributed by atoms with Gasteiger partial charge < -0.3 is 15.0 Å². The summed E-state index contributed by atoms with van der Waals surface area (Å²) in [7, 11) is 3.28. The molecule has 1 fully saturated rings. The fraction of sp³-hybridized carbons (Fsp3) is 0.611. The van der Waals surface area contributed by atoms with Gasteiger partial charge in [0, 0.05) is 13.1 Å². The lowest BCUT2D eigenvalue weighted by atomic mass is 9.87. The minimum atomic E-state index is -0.416. The molecule has 0 bridgehead atoms. The SMILES string of the molecule is COc1ccc(C(C)NC(=O)N(C)C2CCC(C)CC2)cc1F. The zero-order valence-electron chi connectivity index (χ0n) is 14.4. The number of nitrogens with zero attached hydrogens (tertiary/aromatic N) is 1. The standard InChI is InChI=1S/C18H27FN2O2/c1-12-5-8-15(9-6-12)21(3)18(22)20-13(2)14-7-10-17(23-4)16(19)11-14/h7,10-13,15H,5-6,8-9H2,1-4H3,(H,20,22). The van der Waals surface area contributed by atoms with Crippen LogP contribution in [0.3, 0.4) is 0 Å². The van der Waals surface area contributed by atoms with Gasteiger partial charge in [-0.3, -0.25) is 0 Å². The normalized spacial score (nSPS) is 22.3. The first-order valence-corrected chi connectivity index (χ1v) is 8.29. The van der Waals surface area contributed by atoms with Crippen molar-refractivity contribution in [2.24, 2.45) is 5.92 Å². The number of carbonyl (C=O) groups is 1. The van der Waals surface area contributed by atoms with Crippen molar-refractivity contribution < 1.29 is 13.9 Å². The fourth-order valence-electron chi connectivity index (χ4n) is 3.12. The first-order valence-electron chi connectivity index (χ1n) is 8.29. The van der Waals surface area contributed by atoms with Crippen molar-refractivity contribution in [3.05, 3.63) is 29.6 Å². The maximum absolute atomic E-state index is 13.8. The van der Waals surface area contributed by atoms with Crippen molar-refractivity contribution in [2.75, 3.05) is 14.2 Å². The van der Waals surface area contributed by atoms with Crippen LogP contribution in [0.5, 0.6) is 5.75 Å². The number of halogens is 1. The summed E-state index contributed by atoms with van der Waals surface area (Å²) in [5.74, 6) is 0.547. The van der Waals surface area contributed by atoms with Crippen LogP contribution in [0.2, 0.25) is 0 Å². The van der Waals surface area contributed by atoms with E-state index in [0.717, 1.165) is 24.3 Å². The van der Waals surface area contributed by atoms with E-state index >= 15 is 0 Å². The molecular formula is C18H27FN2O2. The number of methoxy groups -OCH3 is 1.